The molecule has 8 rings (SSSR count). The maximum atomic E-state index is 13.7. The monoisotopic (exact) mass is 663 g/mol. The fourth-order valence-electron chi connectivity index (χ4n) is 8.29. The van der Waals surface area contributed by atoms with E-state index in [0.29, 0.717) is 31.7 Å². The number of fused-ring (bicyclic) bond motifs is 4. The number of aromatic nitrogens is 2. The van der Waals surface area contributed by atoms with Gasteiger partial charge in [-0.1, -0.05) is 30.3 Å². The molecule has 49 heavy (non-hydrogen) atoms. The number of amides is 4. The van der Waals surface area contributed by atoms with Crippen molar-refractivity contribution in [3.63, 3.8) is 0 Å². The summed E-state index contributed by atoms with van der Waals surface area (Å²) in [5, 5.41) is 13.4. The molecule has 1 N–H and O–H groups in total. The van der Waals surface area contributed by atoms with Crippen LogP contribution >= 0.6 is 0 Å². The zero-order valence-electron chi connectivity index (χ0n) is 28.1. The highest BCUT2D eigenvalue weighted by atomic mass is 16.5. The van der Waals surface area contributed by atoms with Gasteiger partial charge in [0.2, 0.25) is 5.91 Å². The lowest BCUT2D eigenvalue weighted by atomic mass is 9.97. The van der Waals surface area contributed by atoms with Gasteiger partial charge in [-0.15, -0.1) is 0 Å². The molecular weight excluding hydrogens is 622 g/mol. The van der Waals surface area contributed by atoms with Gasteiger partial charge in [0, 0.05) is 50.7 Å². The average molecular weight is 664 g/mol. The van der Waals surface area contributed by atoms with E-state index in [1.807, 2.05) is 41.3 Å². The lowest BCUT2D eigenvalue weighted by molar-refractivity contribution is -0.138. The molecule has 4 amide bonds. The summed E-state index contributed by atoms with van der Waals surface area (Å²) >= 11 is 0. The standard InChI is InChI=1S/C37H41N7O5/c1-40-14-6-8-26(40)21-49-36-38-31-16-23(30-17-27(45)15-22-7-4-5-9-28(22)30)10-13-29(31)34(39-36)43-19-24-11-12-25(20-43)44(24)33(46)18-32-35(47)42(3)37(48)41(32)2/h4-5,7,9-10,13,15-17,24-26,32,45H,6,8,11-12,14,18-21H2,1-3H3/t24?,25?,26-,32?/m0/s1. The number of hydrogen-bond acceptors (Lipinski definition) is 9. The molecule has 12 nitrogen and oxygen atoms in total. The van der Waals surface area contributed by atoms with Crippen LogP contribution in [0.25, 0.3) is 32.8 Å². The van der Waals surface area contributed by atoms with Crippen molar-refractivity contribution < 1.29 is 24.2 Å². The number of anilines is 1. The summed E-state index contributed by atoms with van der Waals surface area (Å²) in [6, 6.07) is 17.1. The Morgan fingerprint density at radius 3 is 2.43 bits per heavy atom. The minimum atomic E-state index is -0.773. The van der Waals surface area contributed by atoms with Gasteiger partial charge in [0.1, 0.15) is 24.2 Å². The largest absolute Gasteiger partial charge is 0.508 e. The molecule has 0 aliphatic carbocycles. The summed E-state index contributed by atoms with van der Waals surface area (Å²) in [5.41, 5.74) is 2.58. The van der Waals surface area contributed by atoms with E-state index < -0.39 is 6.04 Å². The molecule has 1 aromatic heterocycles. The predicted molar refractivity (Wildman–Crippen MR) is 185 cm³/mol. The summed E-state index contributed by atoms with van der Waals surface area (Å²) < 4.78 is 6.31. The van der Waals surface area contributed by atoms with Crippen LogP contribution in [-0.2, 0) is 9.59 Å². The van der Waals surface area contributed by atoms with E-state index in [2.05, 4.69) is 22.9 Å². The smallest absolute Gasteiger partial charge is 0.326 e. The van der Waals surface area contributed by atoms with Crippen molar-refractivity contribution in [2.75, 3.05) is 52.3 Å². The minimum Gasteiger partial charge on any atom is -0.508 e. The van der Waals surface area contributed by atoms with Crippen LogP contribution in [0.1, 0.15) is 32.1 Å². The van der Waals surface area contributed by atoms with Crippen LogP contribution in [0, 0.1) is 0 Å². The maximum Gasteiger partial charge on any atom is 0.326 e. The van der Waals surface area contributed by atoms with Crippen molar-refractivity contribution in [2.45, 2.75) is 56.3 Å². The molecule has 5 heterocycles. The molecule has 4 aliphatic heterocycles. The highest BCUT2D eigenvalue weighted by Gasteiger charge is 2.47. The molecule has 3 unspecified atom stereocenters. The molecule has 0 radical (unpaired) electrons. The number of piperazine rings is 1. The maximum absolute atomic E-state index is 13.7. The van der Waals surface area contributed by atoms with Gasteiger partial charge < -0.3 is 29.4 Å². The first-order chi connectivity index (χ1) is 23.7. The van der Waals surface area contributed by atoms with Crippen molar-refractivity contribution in [3.05, 3.63) is 54.6 Å². The molecule has 3 aromatic carbocycles. The Kier molecular flexibility index (Phi) is 7.78. The lowest BCUT2D eigenvalue weighted by Gasteiger charge is -2.42. The molecule has 0 spiro atoms. The molecule has 4 aromatic rings. The Bertz CT molecular complexity index is 1970. The second-order valence-electron chi connectivity index (χ2n) is 14.0. The van der Waals surface area contributed by atoms with Crippen LogP contribution in [0.5, 0.6) is 11.8 Å². The van der Waals surface area contributed by atoms with Crippen molar-refractivity contribution in [2.24, 2.45) is 0 Å². The molecule has 2 bridgehead atoms. The third-order valence-corrected chi connectivity index (χ3v) is 11.0. The fraction of sp³-hybridized carbons (Fsp3) is 0.432. The Balaban J connectivity index is 1.11. The van der Waals surface area contributed by atoms with Crippen molar-refractivity contribution >= 4 is 45.3 Å². The zero-order valence-corrected chi connectivity index (χ0v) is 28.1. The Labute approximate surface area is 284 Å². The predicted octanol–water partition coefficient (Wildman–Crippen LogP) is 4.09. The molecule has 4 saturated heterocycles. The Hall–Kier alpha value is -4.97. The number of likely N-dealkylation sites (tertiary alicyclic amines) is 1. The molecule has 254 valence electrons. The molecule has 4 aliphatic rings. The van der Waals surface area contributed by atoms with Gasteiger partial charge in [-0.3, -0.25) is 14.5 Å². The average Bonchev–Trinajstić information content (AvgIpc) is 3.70. The number of phenolic OH excluding ortho intramolecular Hbond substituents is 1. The summed E-state index contributed by atoms with van der Waals surface area (Å²) in [6.45, 7) is 2.72. The van der Waals surface area contributed by atoms with E-state index in [9.17, 15) is 19.5 Å². The molecule has 4 fully saturated rings. The Morgan fingerprint density at radius 2 is 1.71 bits per heavy atom. The number of imide groups is 1. The second kappa shape index (κ2) is 12.2. The number of benzene rings is 3. The number of urea groups is 1. The summed E-state index contributed by atoms with van der Waals surface area (Å²) in [6.07, 6.45) is 3.90. The first-order valence-electron chi connectivity index (χ1n) is 17.1. The third kappa shape index (κ3) is 5.47. The summed E-state index contributed by atoms with van der Waals surface area (Å²) in [5.74, 6) is 0.538. The summed E-state index contributed by atoms with van der Waals surface area (Å²) in [7, 11) is 5.15. The quantitative estimate of drug-likeness (QED) is 0.292. The van der Waals surface area contributed by atoms with E-state index in [1.54, 1.807) is 19.2 Å². The topological polar surface area (TPSA) is 123 Å². The zero-order chi connectivity index (χ0) is 34.0. The van der Waals surface area contributed by atoms with Gasteiger partial charge in [0.15, 0.2) is 0 Å². The van der Waals surface area contributed by atoms with Gasteiger partial charge >= 0.3 is 12.0 Å². The minimum absolute atomic E-state index is 0.0189. The highest BCUT2D eigenvalue weighted by Crippen LogP contribution is 2.39. The number of nitrogens with zero attached hydrogens (tertiary/aromatic N) is 7. The van der Waals surface area contributed by atoms with E-state index in [0.717, 1.165) is 75.7 Å². The number of rotatable bonds is 7. The number of ether oxygens (including phenoxy) is 1. The first-order valence-corrected chi connectivity index (χ1v) is 17.1. The van der Waals surface area contributed by atoms with Crippen LogP contribution in [0.4, 0.5) is 10.6 Å². The van der Waals surface area contributed by atoms with Crippen molar-refractivity contribution in [1.82, 2.24) is 29.6 Å². The third-order valence-electron chi connectivity index (χ3n) is 11.0. The van der Waals surface area contributed by atoms with Gasteiger partial charge in [0.25, 0.3) is 5.91 Å². The summed E-state index contributed by atoms with van der Waals surface area (Å²) in [4.78, 5) is 57.6. The van der Waals surface area contributed by atoms with Crippen molar-refractivity contribution in [3.8, 4) is 22.9 Å². The number of carbonyl (C=O) groups excluding carboxylic acids is 3. The van der Waals surface area contributed by atoms with Gasteiger partial charge in [-0.05, 0) is 85.4 Å². The Morgan fingerprint density at radius 1 is 0.939 bits per heavy atom. The number of aromatic hydroxyl groups is 1. The number of phenols is 1. The van der Waals surface area contributed by atoms with Crippen LogP contribution in [0.3, 0.4) is 0 Å². The number of hydrogen-bond donors (Lipinski definition) is 1. The van der Waals surface area contributed by atoms with E-state index >= 15 is 0 Å². The van der Waals surface area contributed by atoms with E-state index in [4.69, 9.17) is 14.7 Å². The number of likely N-dealkylation sites (N-methyl/N-ethyl adjacent to an activating group) is 3. The normalized spacial score (nSPS) is 24.2. The number of carbonyl (C=O) groups is 3. The van der Waals surface area contributed by atoms with Gasteiger partial charge in [0.05, 0.1) is 11.9 Å². The molecule has 4 atom stereocenters. The van der Waals surface area contributed by atoms with Crippen LogP contribution in [0.15, 0.2) is 54.6 Å². The van der Waals surface area contributed by atoms with E-state index in [1.165, 1.54) is 11.9 Å². The lowest BCUT2D eigenvalue weighted by Crippen LogP contribution is -2.57. The molecular formula is C37H41N7O5. The van der Waals surface area contributed by atoms with E-state index in [-0.39, 0.29) is 42.1 Å². The van der Waals surface area contributed by atoms with Crippen molar-refractivity contribution in [1.29, 1.82) is 0 Å². The SMILES string of the molecule is CN1C(=O)C(CC(=O)N2C3CCC2CN(c2nc(OC[C@@H]4CCCN4C)nc4cc(-c5cc(O)cc6ccccc56)ccc24)C3)N(C)C1=O. The fourth-order valence-corrected chi connectivity index (χ4v) is 8.29. The first kappa shape index (κ1) is 31.3. The highest BCUT2D eigenvalue weighted by molar-refractivity contribution is 6.05. The van der Waals surface area contributed by atoms with Crippen LogP contribution in [-0.4, -0.2) is 124 Å². The van der Waals surface area contributed by atoms with Gasteiger partial charge in [-0.2, -0.15) is 9.97 Å². The van der Waals surface area contributed by atoms with Crippen LogP contribution in [0.2, 0.25) is 0 Å². The van der Waals surface area contributed by atoms with Crippen LogP contribution < -0.4 is 9.64 Å². The molecule has 0 saturated carbocycles. The van der Waals surface area contributed by atoms with Gasteiger partial charge in [-0.25, -0.2) is 4.79 Å². The second-order valence-corrected chi connectivity index (χ2v) is 14.0. The molecule has 12 heteroatoms.